The smallest absolute Gasteiger partial charge is 0.320 e. The molecule has 0 amide bonds. The van der Waals surface area contributed by atoms with Gasteiger partial charge in [-0.05, 0) is 18.1 Å². The van der Waals surface area contributed by atoms with Crippen molar-refractivity contribution in [2.24, 2.45) is 5.92 Å². The highest BCUT2D eigenvalue weighted by Gasteiger charge is 2.08. The van der Waals surface area contributed by atoms with Crippen molar-refractivity contribution in [3.8, 4) is 5.75 Å². The van der Waals surface area contributed by atoms with Gasteiger partial charge in [-0.25, -0.2) is 0 Å². The van der Waals surface area contributed by atoms with Crippen LogP contribution in [0.15, 0.2) is 24.3 Å². The molecule has 1 aromatic rings. The van der Waals surface area contributed by atoms with Gasteiger partial charge in [-0.3, -0.25) is 20.0 Å². The predicted molar refractivity (Wildman–Crippen MR) is 85.1 cm³/mol. The van der Waals surface area contributed by atoms with Gasteiger partial charge in [0.15, 0.2) is 0 Å². The van der Waals surface area contributed by atoms with Crippen molar-refractivity contribution in [3.05, 3.63) is 34.4 Å². The van der Waals surface area contributed by atoms with Crippen molar-refractivity contribution in [2.75, 3.05) is 13.2 Å². The topological polar surface area (TPSA) is 90.7 Å². The number of non-ortho nitro benzene ring substituents is 1. The van der Waals surface area contributed by atoms with Crippen LogP contribution >= 0.6 is 8.96 Å². The van der Waals surface area contributed by atoms with E-state index in [0.717, 1.165) is 12.8 Å². The van der Waals surface area contributed by atoms with E-state index in [1.165, 1.54) is 24.3 Å². The van der Waals surface area contributed by atoms with Crippen molar-refractivity contribution in [1.29, 1.82) is 0 Å². The van der Waals surface area contributed by atoms with Crippen LogP contribution < -0.4 is 9.61 Å². The average Bonchev–Trinajstić information content (AvgIpc) is 2.53. The summed E-state index contributed by atoms with van der Waals surface area (Å²) in [6.45, 7) is 4.66. The molecule has 7 nitrogen and oxygen atoms in total. The molecule has 1 aromatic carbocycles. The van der Waals surface area contributed by atoms with Gasteiger partial charge in [0.2, 0.25) is 0 Å². The molecule has 1 unspecified atom stereocenters. The van der Waals surface area contributed by atoms with E-state index in [4.69, 9.17) is 9.26 Å². The fourth-order valence-electron chi connectivity index (χ4n) is 1.63. The molecular weight excluding hydrogens is 307 g/mol. The summed E-state index contributed by atoms with van der Waals surface area (Å²) in [5.41, 5.74) is 0.00798. The number of rotatable bonds is 10. The first kappa shape index (κ1) is 18.3. The van der Waals surface area contributed by atoms with Crippen LogP contribution in [-0.2, 0) is 9.53 Å². The number of carbonyl (C=O) groups is 1. The van der Waals surface area contributed by atoms with Crippen molar-refractivity contribution in [1.82, 2.24) is 5.09 Å². The first-order valence-electron chi connectivity index (χ1n) is 7.11. The van der Waals surface area contributed by atoms with Gasteiger partial charge >= 0.3 is 5.97 Å². The van der Waals surface area contributed by atoms with Gasteiger partial charge in [0.05, 0.1) is 18.1 Å². The van der Waals surface area contributed by atoms with Crippen LogP contribution in [-0.4, -0.2) is 24.0 Å². The largest absolute Gasteiger partial charge is 0.464 e. The zero-order valence-electron chi connectivity index (χ0n) is 12.7. The summed E-state index contributed by atoms with van der Waals surface area (Å²) < 4.78 is 10.5. The molecule has 1 rings (SSSR count). The molecule has 0 spiro atoms. The molecule has 0 fully saturated rings. The first-order valence-corrected chi connectivity index (χ1v) is 8.02. The Labute approximate surface area is 131 Å². The Morgan fingerprint density at radius 2 is 1.95 bits per heavy atom. The van der Waals surface area contributed by atoms with Gasteiger partial charge in [0.1, 0.15) is 14.7 Å². The number of benzene rings is 1. The number of nitro benzene ring substituents is 1. The van der Waals surface area contributed by atoms with Gasteiger partial charge < -0.3 is 9.26 Å². The molecule has 0 aliphatic rings. The Morgan fingerprint density at radius 1 is 1.32 bits per heavy atom. The molecular formula is C14H21N2O5P. The van der Waals surface area contributed by atoms with E-state index in [2.05, 4.69) is 18.9 Å². The molecule has 0 bridgehead atoms. The average molecular weight is 328 g/mol. The molecule has 0 heterocycles. The van der Waals surface area contributed by atoms with E-state index < -0.39 is 4.92 Å². The van der Waals surface area contributed by atoms with Gasteiger partial charge in [-0.1, -0.05) is 26.7 Å². The lowest BCUT2D eigenvalue weighted by atomic mass is 10.1. The molecule has 0 aliphatic heterocycles. The molecule has 22 heavy (non-hydrogen) atoms. The number of esters is 1. The number of carbonyl (C=O) groups excluding carboxylic acids is 1. The number of nitrogens with zero attached hydrogens (tertiary/aromatic N) is 1. The van der Waals surface area contributed by atoms with Crippen LogP contribution in [0.5, 0.6) is 5.75 Å². The zero-order valence-corrected chi connectivity index (χ0v) is 13.7. The molecule has 1 N–H and O–H groups in total. The lowest BCUT2D eigenvalue weighted by Gasteiger charge is -2.12. The highest BCUT2D eigenvalue weighted by Crippen LogP contribution is 2.21. The quantitative estimate of drug-likeness (QED) is 0.233. The summed E-state index contributed by atoms with van der Waals surface area (Å²) in [4.78, 5) is 21.5. The van der Waals surface area contributed by atoms with Crippen LogP contribution in [0.3, 0.4) is 0 Å². The molecule has 0 radical (unpaired) electrons. The van der Waals surface area contributed by atoms with Crippen molar-refractivity contribution in [3.63, 3.8) is 0 Å². The van der Waals surface area contributed by atoms with Gasteiger partial charge in [-0.2, -0.15) is 0 Å². The van der Waals surface area contributed by atoms with Crippen LogP contribution in [0.4, 0.5) is 5.69 Å². The number of ether oxygens (including phenoxy) is 1. The zero-order chi connectivity index (χ0) is 16.4. The Balaban J connectivity index is 2.19. The van der Waals surface area contributed by atoms with Crippen LogP contribution in [0.2, 0.25) is 0 Å². The van der Waals surface area contributed by atoms with Crippen LogP contribution in [0.25, 0.3) is 0 Å². The minimum absolute atomic E-state index is 0.00798. The van der Waals surface area contributed by atoms with E-state index in [-0.39, 0.29) is 27.2 Å². The second-order valence-corrected chi connectivity index (χ2v) is 5.44. The summed E-state index contributed by atoms with van der Waals surface area (Å²) in [5.74, 6) is 0.594. The van der Waals surface area contributed by atoms with Gasteiger partial charge in [-0.15, -0.1) is 0 Å². The molecule has 122 valence electrons. The summed E-state index contributed by atoms with van der Waals surface area (Å²) in [6, 6.07) is 5.75. The molecule has 0 aliphatic carbocycles. The SMILES string of the molecule is CCC(CC)COC(=O)CNPOc1ccc([N+](=O)[O-])cc1. The Kier molecular flexibility index (Phi) is 8.40. The molecule has 0 saturated heterocycles. The molecule has 8 heteroatoms. The fourth-order valence-corrected chi connectivity index (χ4v) is 2.17. The predicted octanol–water partition coefficient (Wildman–Crippen LogP) is 3.05. The van der Waals surface area contributed by atoms with Crippen LogP contribution in [0.1, 0.15) is 26.7 Å². The van der Waals surface area contributed by atoms with E-state index in [0.29, 0.717) is 18.3 Å². The van der Waals surface area contributed by atoms with E-state index >= 15 is 0 Å². The molecule has 0 aromatic heterocycles. The van der Waals surface area contributed by atoms with E-state index in [1.807, 2.05) is 0 Å². The van der Waals surface area contributed by atoms with E-state index in [9.17, 15) is 14.9 Å². The number of hydrogen-bond donors (Lipinski definition) is 1. The summed E-state index contributed by atoms with van der Waals surface area (Å²) in [7, 11) is -0.127. The summed E-state index contributed by atoms with van der Waals surface area (Å²) >= 11 is 0. The van der Waals surface area contributed by atoms with Crippen molar-refractivity contribution in [2.45, 2.75) is 26.7 Å². The number of nitrogens with one attached hydrogen (secondary N) is 1. The third kappa shape index (κ3) is 6.83. The lowest BCUT2D eigenvalue weighted by Crippen LogP contribution is -2.22. The Hall–Kier alpha value is -1.72. The fraction of sp³-hybridized carbons (Fsp3) is 0.500. The monoisotopic (exact) mass is 328 g/mol. The van der Waals surface area contributed by atoms with Gasteiger partial charge in [0.25, 0.3) is 5.69 Å². The standard InChI is InChI=1S/C14H21N2O5P/c1-3-11(4-2)10-20-14(17)9-15-22-21-13-7-5-12(6-8-13)16(18)19/h5-8,11,15,22H,3-4,9-10H2,1-2H3. The minimum Gasteiger partial charge on any atom is -0.464 e. The highest BCUT2D eigenvalue weighted by atomic mass is 31.1. The van der Waals surface area contributed by atoms with E-state index in [1.54, 1.807) is 0 Å². The summed E-state index contributed by atoms with van der Waals surface area (Å²) in [5, 5.41) is 13.3. The van der Waals surface area contributed by atoms with Crippen molar-refractivity contribution >= 4 is 20.6 Å². The molecule has 1 atom stereocenters. The molecule has 0 saturated carbocycles. The lowest BCUT2D eigenvalue weighted by molar-refractivity contribution is -0.384. The van der Waals surface area contributed by atoms with Crippen molar-refractivity contribution < 1.29 is 19.0 Å². The maximum Gasteiger partial charge on any atom is 0.320 e. The third-order valence-electron chi connectivity index (χ3n) is 3.16. The first-order chi connectivity index (χ1) is 10.6. The Bertz CT molecular complexity index is 477. The second kappa shape index (κ2) is 10.1. The van der Waals surface area contributed by atoms with Crippen LogP contribution in [0, 0.1) is 16.0 Å². The maximum atomic E-state index is 11.5. The minimum atomic E-state index is -0.472. The Morgan fingerprint density at radius 3 is 2.50 bits per heavy atom. The number of hydrogen-bond acceptors (Lipinski definition) is 6. The third-order valence-corrected chi connectivity index (χ3v) is 3.81. The van der Waals surface area contributed by atoms with Gasteiger partial charge in [0, 0.05) is 12.1 Å². The highest BCUT2D eigenvalue weighted by molar-refractivity contribution is 7.30. The normalized spacial score (nSPS) is 11.0. The second-order valence-electron chi connectivity index (χ2n) is 4.67. The number of nitro groups is 1. The maximum absolute atomic E-state index is 11.5. The summed E-state index contributed by atoms with van der Waals surface area (Å²) in [6.07, 6.45) is 1.98.